The Hall–Kier alpha value is -1.33. The van der Waals surface area contributed by atoms with Gasteiger partial charge in [-0.05, 0) is 58.7 Å². The number of carbonyl (C=O) groups is 1. The van der Waals surface area contributed by atoms with Crippen molar-refractivity contribution in [3.63, 3.8) is 0 Å². The molecule has 0 saturated carbocycles. The first-order valence-corrected chi connectivity index (χ1v) is 8.01. The van der Waals surface area contributed by atoms with Gasteiger partial charge >= 0.3 is 0 Å². The van der Waals surface area contributed by atoms with E-state index in [2.05, 4.69) is 37.2 Å². The number of amides is 1. The summed E-state index contributed by atoms with van der Waals surface area (Å²) in [6, 6.07) is 11.4. The maximum atomic E-state index is 12.3. The standard InChI is InChI=1S/C16H16Br2N2O/c1-10-4-6-12(9-15(10)20(2)3)19-16(21)13-7-5-11(17)8-14(13)18/h4-9H,1-3H3,(H,19,21). The van der Waals surface area contributed by atoms with Crippen LogP contribution in [0.3, 0.4) is 0 Å². The van der Waals surface area contributed by atoms with Crippen LogP contribution in [0, 0.1) is 6.92 Å². The number of halogens is 2. The van der Waals surface area contributed by atoms with Crippen LogP contribution in [0.4, 0.5) is 11.4 Å². The summed E-state index contributed by atoms with van der Waals surface area (Å²) in [6.45, 7) is 2.05. The summed E-state index contributed by atoms with van der Waals surface area (Å²) in [6.07, 6.45) is 0. The van der Waals surface area contributed by atoms with Crippen LogP contribution in [0.2, 0.25) is 0 Å². The van der Waals surface area contributed by atoms with Crippen LogP contribution in [0.5, 0.6) is 0 Å². The van der Waals surface area contributed by atoms with Crippen molar-refractivity contribution in [3.8, 4) is 0 Å². The Labute approximate surface area is 141 Å². The molecule has 1 amide bonds. The number of nitrogens with zero attached hydrogens (tertiary/aromatic N) is 1. The maximum Gasteiger partial charge on any atom is 0.256 e. The molecule has 0 atom stereocenters. The Bertz CT molecular complexity index is 684. The fraction of sp³-hybridized carbons (Fsp3) is 0.188. The van der Waals surface area contributed by atoms with E-state index in [1.165, 1.54) is 5.56 Å². The van der Waals surface area contributed by atoms with Gasteiger partial charge in [-0.2, -0.15) is 0 Å². The predicted octanol–water partition coefficient (Wildman–Crippen LogP) is 4.84. The molecule has 5 heteroatoms. The number of aryl methyl sites for hydroxylation is 1. The lowest BCUT2D eigenvalue weighted by atomic mass is 10.1. The first-order valence-electron chi connectivity index (χ1n) is 6.43. The van der Waals surface area contributed by atoms with E-state index in [4.69, 9.17) is 0 Å². The second-order valence-corrected chi connectivity index (χ2v) is 6.74. The summed E-state index contributed by atoms with van der Waals surface area (Å²) in [5.41, 5.74) is 3.64. The molecule has 0 bridgehead atoms. The number of rotatable bonds is 3. The highest BCUT2D eigenvalue weighted by molar-refractivity contribution is 9.11. The zero-order valence-electron chi connectivity index (χ0n) is 12.1. The van der Waals surface area contributed by atoms with E-state index in [9.17, 15) is 4.79 Å². The van der Waals surface area contributed by atoms with Gasteiger partial charge in [-0.25, -0.2) is 0 Å². The number of hydrogen-bond donors (Lipinski definition) is 1. The number of nitrogens with one attached hydrogen (secondary N) is 1. The predicted molar refractivity (Wildman–Crippen MR) is 95.3 cm³/mol. The van der Waals surface area contributed by atoms with Gasteiger partial charge in [0.05, 0.1) is 5.56 Å². The molecule has 0 spiro atoms. The summed E-state index contributed by atoms with van der Waals surface area (Å²) >= 11 is 6.79. The Morgan fingerprint density at radius 3 is 2.43 bits per heavy atom. The summed E-state index contributed by atoms with van der Waals surface area (Å²) in [7, 11) is 3.97. The van der Waals surface area contributed by atoms with E-state index < -0.39 is 0 Å². The molecule has 2 aromatic rings. The summed E-state index contributed by atoms with van der Waals surface area (Å²) < 4.78 is 1.69. The molecule has 0 unspecified atom stereocenters. The minimum Gasteiger partial charge on any atom is -0.377 e. The highest BCUT2D eigenvalue weighted by atomic mass is 79.9. The van der Waals surface area contributed by atoms with Crippen molar-refractivity contribution in [1.29, 1.82) is 0 Å². The minimum absolute atomic E-state index is 0.136. The van der Waals surface area contributed by atoms with E-state index in [1.807, 2.05) is 56.3 Å². The molecule has 2 aromatic carbocycles. The molecule has 2 rings (SSSR count). The topological polar surface area (TPSA) is 32.3 Å². The molecule has 0 heterocycles. The minimum atomic E-state index is -0.136. The first kappa shape index (κ1) is 16.0. The molecule has 0 saturated heterocycles. The smallest absolute Gasteiger partial charge is 0.256 e. The number of benzene rings is 2. The van der Waals surface area contributed by atoms with E-state index in [0.717, 1.165) is 20.3 Å². The first-order chi connectivity index (χ1) is 9.88. The third-order valence-corrected chi connectivity index (χ3v) is 4.27. The second kappa shape index (κ2) is 6.62. The molecule has 1 N–H and O–H groups in total. The monoisotopic (exact) mass is 410 g/mol. The summed E-state index contributed by atoms with van der Waals surface area (Å²) in [4.78, 5) is 14.4. The lowest BCUT2D eigenvalue weighted by Crippen LogP contribution is -2.14. The number of anilines is 2. The van der Waals surface area contributed by atoms with Gasteiger partial charge in [0, 0.05) is 34.4 Å². The van der Waals surface area contributed by atoms with Crippen molar-refractivity contribution in [1.82, 2.24) is 0 Å². The van der Waals surface area contributed by atoms with Crippen molar-refractivity contribution in [2.45, 2.75) is 6.92 Å². The fourth-order valence-corrected chi connectivity index (χ4v) is 3.27. The average Bonchev–Trinajstić information content (AvgIpc) is 2.40. The Balaban J connectivity index is 2.25. The summed E-state index contributed by atoms with van der Waals surface area (Å²) in [5.74, 6) is -0.136. The van der Waals surface area contributed by atoms with Crippen LogP contribution in [0.1, 0.15) is 15.9 Å². The number of hydrogen-bond acceptors (Lipinski definition) is 2. The van der Waals surface area contributed by atoms with Gasteiger partial charge in [-0.1, -0.05) is 22.0 Å². The van der Waals surface area contributed by atoms with Crippen LogP contribution >= 0.6 is 31.9 Å². The molecule has 0 aliphatic heterocycles. The van der Waals surface area contributed by atoms with Crippen LogP contribution in [-0.4, -0.2) is 20.0 Å². The van der Waals surface area contributed by atoms with Crippen molar-refractivity contribution >= 4 is 49.1 Å². The highest BCUT2D eigenvalue weighted by Crippen LogP contribution is 2.25. The van der Waals surface area contributed by atoms with E-state index in [1.54, 1.807) is 6.07 Å². The zero-order valence-corrected chi connectivity index (χ0v) is 15.2. The molecular formula is C16H16Br2N2O. The van der Waals surface area contributed by atoms with Gasteiger partial charge in [0.15, 0.2) is 0 Å². The van der Waals surface area contributed by atoms with Gasteiger partial charge < -0.3 is 10.2 Å². The average molecular weight is 412 g/mol. The van der Waals surface area contributed by atoms with Crippen LogP contribution in [0.25, 0.3) is 0 Å². The Morgan fingerprint density at radius 2 is 1.81 bits per heavy atom. The van der Waals surface area contributed by atoms with Gasteiger partial charge in [-0.3, -0.25) is 4.79 Å². The van der Waals surface area contributed by atoms with E-state index in [-0.39, 0.29) is 5.91 Å². The van der Waals surface area contributed by atoms with Gasteiger partial charge in [0.2, 0.25) is 0 Å². The molecule has 0 aliphatic rings. The highest BCUT2D eigenvalue weighted by Gasteiger charge is 2.11. The zero-order chi connectivity index (χ0) is 15.6. The van der Waals surface area contributed by atoms with Crippen molar-refractivity contribution < 1.29 is 4.79 Å². The normalized spacial score (nSPS) is 10.3. The Kier molecular flexibility index (Phi) is 5.06. The van der Waals surface area contributed by atoms with Gasteiger partial charge in [0.25, 0.3) is 5.91 Å². The third kappa shape index (κ3) is 3.86. The molecule has 0 aliphatic carbocycles. The molecule has 0 fully saturated rings. The molecule has 3 nitrogen and oxygen atoms in total. The fourth-order valence-electron chi connectivity index (χ4n) is 2.04. The van der Waals surface area contributed by atoms with E-state index in [0.29, 0.717) is 5.56 Å². The maximum absolute atomic E-state index is 12.3. The quantitative estimate of drug-likeness (QED) is 0.783. The lowest BCUT2D eigenvalue weighted by Gasteiger charge is -2.17. The van der Waals surface area contributed by atoms with E-state index >= 15 is 0 Å². The molecule has 21 heavy (non-hydrogen) atoms. The molecule has 0 radical (unpaired) electrons. The van der Waals surface area contributed by atoms with Gasteiger partial charge in [0.1, 0.15) is 0 Å². The van der Waals surface area contributed by atoms with Crippen molar-refractivity contribution in [2.24, 2.45) is 0 Å². The number of carbonyl (C=O) groups excluding carboxylic acids is 1. The van der Waals surface area contributed by atoms with Gasteiger partial charge in [-0.15, -0.1) is 0 Å². The van der Waals surface area contributed by atoms with Crippen molar-refractivity contribution in [3.05, 3.63) is 56.5 Å². The van der Waals surface area contributed by atoms with Crippen LogP contribution < -0.4 is 10.2 Å². The lowest BCUT2D eigenvalue weighted by molar-refractivity contribution is 0.102. The van der Waals surface area contributed by atoms with Crippen LogP contribution in [0.15, 0.2) is 45.3 Å². The molecular weight excluding hydrogens is 396 g/mol. The SMILES string of the molecule is Cc1ccc(NC(=O)c2ccc(Br)cc2Br)cc1N(C)C. The summed E-state index contributed by atoms with van der Waals surface area (Å²) in [5, 5.41) is 2.93. The third-order valence-electron chi connectivity index (χ3n) is 3.12. The largest absolute Gasteiger partial charge is 0.377 e. The second-order valence-electron chi connectivity index (χ2n) is 4.97. The van der Waals surface area contributed by atoms with Crippen LogP contribution in [-0.2, 0) is 0 Å². The molecule has 110 valence electrons. The Morgan fingerprint density at radius 1 is 1.10 bits per heavy atom. The molecule has 0 aromatic heterocycles. The van der Waals surface area contributed by atoms with Crippen molar-refractivity contribution in [2.75, 3.05) is 24.3 Å².